The zero-order chi connectivity index (χ0) is 9.68. The number of rotatable bonds is 3. The molecular weight excluding hydrogens is 166 g/mol. The van der Waals surface area contributed by atoms with Gasteiger partial charge >= 0.3 is 5.97 Å². The van der Waals surface area contributed by atoms with E-state index in [0.717, 1.165) is 0 Å². The third kappa shape index (κ3) is 3.71. The van der Waals surface area contributed by atoms with Crippen molar-refractivity contribution in [3.8, 4) is 5.75 Å². The molecule has 70 valence electrons. The minimum atomic E-state index is -0.240. The number of nitrogens with zero attached hydrogens (tertiary/aromatic N) is 1. The Morgan fingerprint density at radius 3 is 2.46 bits per heavy atom. The molecule has 1 rings (SSSR count). The molecule has 0 saturated carbocycles. The lowest BCUT2D eigenvalue weighted by atomic mass is 10.3. The fourth-order valence-electron chi connectivity index (χ4n) is 0.910. The van der Waals surface area contributed by atoms with Gasteiger partial charge in [0.1, 0.15) is 5.75 Å². The number of benzene rings is 1. The third-order valence-corrected chi connectivity index (χ3v) is 1.42. The lowest BCUT2D eigenvalue weighted by molar-refractivity contribution is -0.135. The van der Waals surface area contributed by atoms with E-state index >= 15 is 0 Å². The van der Waals surface area contributed by atoms with Crippen molar-refractivity contribution in [2.75, 3.05) is 20.6 Å². The number of carbonyl (C=O) groups is 1. The maximum absolute atomic E-state index is 11.2. The number of ether oxygens (including phenoxy) is 1. The number of hydrogen-bond donors (Lipinski definition) is 0. The maximum Gasteiger partial charge on any atom is 0.325 e. The normalized spacial score (nSPS) is 10.1. The molecule has 1 aromatic carbocycles. The van der Waals surface area contributed by atoms with Crippen LogP contribution in [0.2, 0.25) is 0 Å². The van der Waals surface area contributed by atoms with Crippen LogP contribution in [0, 0.1) is 0 Å². The summed E-state index contributed by atoms with van der Waals surface area (Å²) in [6.45, 7) is 0.300. The van der Waals surface area contributed by atoms with Gasteiger partial charge in [-0.15, -0.1) is 0 Å². The summed E-state index contributed by atoms with van der Waals surface area (Å²) in [6, 6.07) is 9.06. The number of carbonyl (C=O) groups excluding carboxylic acids is 1. The van der Waals surface area contributed by atoms with E-state index in [9.17, 15) is 4.79 Å². The van der Waals surface area contributed by atoms with Crippen LogP contribution >= 0.6 is 0 Å². The van der Waals surface area contributed by atoms with E-state index in [4.69, 9.17) is 4.74 Å². The van der Waals surface area contributed by atoms with Crippen LogP contribution in [-0.4, -0.2) is 31.5 Å². The van der Waals surface area contributed by atoms with Gasteiger partial charge in [-0.25, -0.2) is 0 Å². The largest absolute Gasteiger partial charge is 0.426 e. The van der Waals surface area contributed by atoms with Crippen LogP contribution in [0.3, 0.4) is 0 Å². The Kier molecular flexibility index (Phi) is 3.46. The van der Waals surface area contributed by atoms with Crippen molar-refractivity contribution in [2.45, 2.75) is 0 Å². The Morgan fingerprint density at radius 2 is 1.92 bits per heavy atom. The Morgan fingerprint density at radius 1 is 1.31 bits per heavy atom. The Labute approximate surface area is 77.9 Å². The molecule has 0 amide bonds. The predicted octanol–water partition coefficient (Wildman–Crippen LogP) is 1.15. The van der Waals surface area contributed by atoms with E-state index in [1.54, 1.807) is 17.0 Å². The second-order valence-corrected chi connectivity index (χ2v) is 3.02. The van der Waals surface area contributed by atoms with E-state index in [1.807, 2.05) is 32.3 Å². The van der Waals surface area contributed by atoms with E-state index in [2.05, 4.69) is 0 Å². The van der Waals surface area contributed by atoms with Gasteiger partial charge in [0.15, 0.2) is 0 Å². The van der Waals surface area contributed by atoms with Gasteiger partial charge < -0.3 is 4.74 Å². The summed E-state index contributed by atoms with van der Waals surface area (Å²) in [5, 5.41) is 0. The molecule has 0 aromatic heterocycles. The second-order valence-electron chi connectivity index (χ2n) is 3.02. The summed E-state index contributed by atoms with van der Waals surface area (Å²) in [5.74, 6) is 0.352. The average Bonchev–Trinajstić information content (AvgIpc) is 2.04. The lowest BCUT2D eigenvalue weighted by Crippen LogP contribution is -2.25. The van der Waals surface area contributed by atoms with Gasteiger partial charge in [0.05, 0.1) is 6.54 Å². The fourth-order valence-corrected chi connectivity index (χ4v) is 0.910. The van der Waals surface area contributed by atoms with Gasteiger partial charge in [-0.1, -0.05) is 18.2 Å². The molecule has 13 heavy (non-hydrogen) atoms. The molecule has 0 N–H and O–H groups in total. The average molecular weight is 179 g/mol. The fraction of sp³-hybridized carbons (Fsp3) is 0.300. The zero-order valence-corrected chi connectivity index (χ0v) is 7.86. The number of hydrogen-bond acceptors (Lipinski definition) is 3. The highest BCUT2D eigenvalue weighted by molar-refractivity contribution is 5.74. The van der Waals surface area contributed by atoms with Gasteiger partial charge in [0, 0.05) is 0 Å². The van der Waals surface area contributed by atoms with E-state index in [-0.39, 0.29) is 5.97 Å². The lowest BCUT2D eigenvalue weighted by Gasteiger charge is -2.08. The first-order valence-electron chi connectivity index (χ1n) is 4.09. The quantitative estimate of drug-likeness (QED) is 0.515. The first kappa shape index (κ1) is 9.74. The van der Waals surface area contributed by atoms with Crippen molar-refractivity contribution < 1.29 is 9.53 Å². The van der Waals surface area contributed by atoms with Gasteiger partial charge in [-0.2, -0.15) is 0 Å². The molecule has 3 nitrogen and oxygen atoms in total. The number of likely N-dealkylation sites (N-methyl/N-ethyl adjacent to an activating group) is 1. The van der Waals surface area contributed by atoms with Crippen LogP contribution in [0.5, 0.6) is 5.75 Å². The SMILES string of the molecule is CN(C)CC(=O)Oc1ccccc1. The standard InChI is InChI=1S/C10H13NO2/c1-11(2)8-10(12)13-9-6-4-3-5-7-9/h3-7H,8H2,1-2H3. The molecule has 0 fully saturated rings. The van der Waals surface area contributed by atoms with Gasteiger partial charge in [-0.3, -0.25) is 9.69 Å². The smallest absolute Gasteiger partial charge is 0.325 e. The summed E-state index contributed by atoms with van der Waals surface area (Å²) >= 11 is 0. The summed E-state index contributed by atoms with van der Waals surface area (Å²) in [6.07, 6.45) is 0. The molecule has 0 unspecified atom stereocenters. The molecule has 0 aliphatic carbocycles. The van der Waals surface area contributed by atoms with Crippen LogP contribution in [0.4, 0.5) is 0 Å². The van der Waals surface area contributed by atoms with Crippen LogP contribution in [0.15, 0.2) is 30.3 Å². The summed E-state index contributed by atoms with van der Waals surface area (Å²) in [4.78, 5) is 12.9. The van der Waals surface area contributed by atoms with E-state index < -0.39 is 0 Å². The highest BCUT2D eigenvalue weighted by atomic mass is 16.5. The zero-order valence-electron chi connectivity index (χ0n) is 7.86. The molecule has 0 saturated heterocycles. The van der Waals surface area contributed by atoms with Crippen molar-refractivity contribution in [1.82, 2.24) is 4.90 Å². The summed E-state index contributed by atoms with van der Waals surface area (Å²) < 4.78 is 5.04. The second kappa shape index (κ2) is 4.62. The summed E-state index contributed by atoms with van der Waals surface area (Å²) in [7, 11) is 3.65. The molecule has 0 heterocycles. The predicted molar refractivity (Wildman–Crippen MR) is 50.6 cm³/mol. The van der Waals surface area contributed by atoms with E-state index in [0.29, 0.717) is 12.3 Å². The molecule has 0 atom stereocenters. The minimum absolute atomic E-state index is 0.240. The first-order valence-corrected chi connectivity index (χ1v) is 4.09. The van der Waals surface area contributed by atoms with Crippen LogP contribution < -0.4 is 4.74 Å². The molecular formula is C10H13NO2. The Balaban J connectivity index is 2.46. The van der Waals surface area contributed by atoms with Gasteiger partial charge in [0.25, 0.3) is 0 Å². The Hall–Kier alpha value is -1.35. The van der Waals surface area contributed by atoms with Crippen molar-refractivity contribution in [1.29, 1.82) is 0 Å². The van der Waals surface area contributed by atoms with Crippen LogP contribution in [-0.2, 0) is 4.79 Å². The maximum atomic E-state index is 11.2. The molecule has 0 spiro atoms. The highest BCUT2D eigenvalue weighted by Gasteiger charge is 2.04. The molecule has 1 aromatic rings. The van der Waals surface area contributed by atoms with Crippen molar-refractivity contribution in [3.63, 3.8) is 0 Å². The van der Waals surface area contributed by atoms with Crippen LogP contribution in [0.25, 0.3) is 0 Å². The van der Waals surface area contributed by atoms with E-state index in [1.165, 1.54) is 0 Å². The number of esters is 1. The Bertz CT molecular complexity index is 270. The van der Waals surface area contributed by atoms with Crippen molar-refractivity contribution in [2.24, 2.45) is 0 Å². The topological polar surface area (TPSA) is 29.5 Å². The van der Waals surface area contributed by atoms with Crippen molar-refractivity contribution >= 4 is 5.97 Å². The van der Waals surface area contributed by atoms with Crippen LogP contribution in [0.1, 0.15) is 0 Å². The van der Waals surface area contributed by atoms with Gasteiger partial charge in [-0.05, 0) is 26.2 Å². The van der Waals surface area contributed by atoms with Gasteiger partial charge in [0.2, 0.25) is 0 Å². The van der Waals surface area contributed by atoms with Crippen molar-refractivity contribution in [3.05, 3.63) is 30.3 Å². The molecule has 3 heteroatoms. The monoisotopic (exact) mass is 179 g/mol. The first-order chi connectivity index (χ1) is 6.18. The molecule has 0 aliphatic rings. The summed E-state index contributed by atoms with van der Waals surface area (Å²) in [5.41, 5.74) is 0. The molecule has 0 radical (unpaired) electrons. The highest BCUT2D eigenvalue weighted by Crippen LogP contribution is 2.08. The minimum Gasteiger partial charge on any atom is -0.426 e. The molecule has 0 aliphatic heterocycles. The number of para-hydroxylation sites is 1. The third-order valence-electron chi connectivity index (χ3n) is 1.42. The molecule has 0 bridgehead atoms.